The molecule has 0 atom stereocenters. The number of rotatable bonds is 6. The zero-order chi connectivity index (χ0) is 14.4. The van der Waals surface area contributed by atoms with E-state index in [1.54, 1.807) is 0 Å². The number of alkyl halides is 1. The first-order valence-corrected chi connectivity index (χ1v) is 7.64. The number of hydrogen-bond acceptors (Lipinski definition) is 1. The van der Waals surface area contributed by atoms with Crippen LogP contribution < -0.4 is 0 Å². The average molecular weight is 290 g/mol. The predicted octanol–water partition coefficient (Wildman–Crippen LogP) is 4.32. The molecule has 0 aliphatic rings. The number of carbonyl (C=O) groups excluding carboxylic acids is 1. The smallest absolute Gasteiger partial charge is 0.254 e. The molecule has 0 unspecified atom stereocenters. The fourth-order valence-corrected chi connectivity index (χ4v) is 2.55. The Labute approximate surface area is 125 Å². The first-order chi connectivity index (χ1) is 9.77. The molecule has 0 spiro atoms. The lowest BCUT2D eigenvalue weighted by Crippen LogP contribution is -2.33. The molecule has 2 nitrogen and oxygen atoms in total. The lowest BCUT2D eigenvalue weighted by molar-refractivity contribution is 0.0765. The van der Waals surface area contributed by atoms with Crippen LogP contribution in [-0.2, 0) is 0 Å². The minimum absolute atomic E-state index is 0.0795. The molecule has 2 aromatic rings. The van der Waals surface area contributed by atoms with Crippen LogP contribution in [0.4, 0.5) is 0 Å². The summed E-state index contributed by atoms with van der Waals surface area (Å²) in [6.07, 6.45) is 2.08. The Bertz CT molecular complexity index is 577. The van der Waals surface area contributed by atoms with Gasteiger partial charge in [0.25, 0.3) is 5.91 Å². The van der Waals surface area contributed by atoms with E-state index < -0.39 is 0 Å². The highest BCUT2D eigenvalue weighted by Crippen LogP contribution is 2.20. The van der Waals surface area contributed by atoms with Crippen molar-refractivity contribution in [2.45, 2.75) is 19.8 Å². The number of nitrogens with zero attached hydrogens (tertiary/aromatic N) is 1. The summed E-state index contributed by atoms with van der Waals surface area (Å²) in [4.78, 5) is 14.6. The molecule has 0 aliphatic carbocycles. The third-order valence-electron chi connectivity index (χ3n) is 3.44. The van der Waals surface area contributed by atoms with Gasteiger partial charge in [0.1, 0.15) is 0 Å². The zero-order valence-corrected chi connectivity index (χ0v) is 12.6. The van der Waals surface area contributed by atoms with Crippen LogP contribution in [0.25, 0.3) is 10.8 Å². The molecule has 20 heavy (non-hydrogen) atoms. The van der Waals surface area contributed by atoms with Crippen molar-refractivity contribution in [3.8, 4) is 0 Å². The lowest BCUT2D eigenvalue weighted by atomic mass is 10.0. The summed E-state index contributed by atoms with van der Waals surface area (Å²) in [7, 11) is 0. The van der Waals surface area contributed by atoms with Crippen molar-refractivity contribution >= 4 is 28.3 Å². The Kier molecular flexibility index (Phi) is 5.42. The summed E-state index contributed by atoms with van der Waals surface area (Å²) >= 11 is 5.83. The van der Waals surface area contributed by atoms with Crippen molar-refractivity contribution in [3.05, 3.63) is 48.0 Å². The summed E-state index contributed by atoms with van der Waals surface area (Å²) < 4.78 is 0. The maximum Gasteiger partial charge on any atom is 0.254 e. The zero-order valence-electron chi connectivity index (χ0n) is 11.8. The summed E-state index contributed by atoms with van der Waals surface area (Å²) in [5.41, 5.74) is 0.768. The molecule has 3 heteroatoms. The number of hydrogen-bond donors (Lipinski definition) is 0. The van der Waals surface area contributed by atoms with Gasteiger partial charge < -0.3 is 4.90 Å². The molecule has 0 saturated heterocycles. The summed E-state index contributed by atoms with van der Waals surface area (Å²) in [5.74, 6) is 0.552. The molecule has 0 saturated carbocycles. The molecule has 106 valence electrons. The van der Waals surface area contributed by atoms with E-state index in [0.29, 0.717) is 12.4 Å². The van der Waals surface area contributed by atoms with E-state index in [9.17, 15) is 4.79 Å². The van der Waals surface area contributed by atoms with Gasteiger partial charge in [-0.05, 0) is 23.3 Å². The first kappa shape index (κ1) is 14.9. The second-order valence-corrected chi connectivity index (χ2v) is 5.24. The Morgan fingerprint density at radius 1 is 1.10 bits per heavy atom. The fourth-order valence-electron chi connectivity index (χ4n) is 2.35. The third kappa shape index (κ3) is 3.31. The second kappa shape index (κ2) is 7.30. The van der Waals surface area contributed by atoms with Crippen molar-refractivity contribution in [2.24, 2.45) is 0 Å². The molecule has 0 N–H and O–H groups in total. The highest BCUT2D eigenvalue weighted by atomic mass is 35.5. The fraction of sp³-hybridized carbons (Fsp3) is 0.353. The number of amides is 1. The van der Waals surface area contributed by atoms with Crippen LogP contribution in [0.2, 0.25) is 0 Å². The van der Waals surface area contributed by atoms with Crippen LogP contribution in [0.3, 0.4) is 0 Å². The quantitative estimate of drug-likeness (QED) is 0.725. The normalized spacial score (nSPS) is 10.7. The van der Waals surface area contributed by atoms with Crippen molar-refractivity contribution in [3.63, 3.8) is 0 Å². The maximum absolute atomic E-state index is 12.7. The van der Waals surface area contributed by atoms with Crippen LogP contribution in [0.15, 0.2) is 42.5 Å². The topological polar surface area (TPSA) is 20.3 Å². The Morgan fingerprint density at radius 2 is 1.85 bits per heavy atom. The van der Waals surface area contributed by atoms with Crippen LogP contribution in [0.1, 0.15) is 30.1 Å². The van der Waals surface area contributed by atoms with Gasteiger partial charge in [-0.3, -0.25) is 4.79 Å². The minimum atomic E-state index is 0.0795. The molecule has 0 heterocycles. The van der Waals surface area contributed by atoms with E-state index in [0.717, 1.165) is 35.7 Å². The molecular weight excluding hydrogens is 270 g/mol. The van der Waals surface area contributed by atoms with Gasteiger partial charge in [-0.1, -0.05) is 49.7 Å². The Hall–Kier alpha value is -1.54. The van der Waals surface area contributed by atoms with E-state index in [2.05, 4.69) is 6.92 Å². The SMILES string of the molecule is CCCCN(CCCl)C(=O)c1cccc2ccccc12. The molecule has 0 bridgehead atoms. The van der Waals surface area contributed by atoms with Crippen LogP contribution in [-0.4, -0.2) is 29.8 Å². The van der Waals surface area contributed by atoms with Crippen molar-refractivity contribution in [1.29, 1.82) is 0 Å². The molecular formula is C17H20ClNO. The molecule has 0 aromatic heterocycles. The first-order valence-electron chi connectivity index (χ1n) is 7.11. The number of unbranched alkanes of at least 4 members (excludes halogenated alkanes) is 1. The molecule has 0 radical (unpaired) electrons. The van der Waals surface area contributed by atoms with E-state index >= 15 is 0 Å². The number of fused-ring (bicyclic) bond motifs is 1. The van der Waals surface area contributed by atoms with Gasteiger partial charge in [0.15, 0.2) is 0 Å². The van der Waals surface area contributed by atoms with Gasteiger partial charge >= 0.3 is 0 Å². The molecule has 2 rings (SSSR count). The van der Waals surface area contributed by atoms with Crippen molar-refractivity contribution in [2.75, 3.05) is 19.0 Å². The minimum Gasteiger partial charge on any atom is -0.337 e. The van der Waals surface area contributed by atoms with E-state index in [1.165, 1.54) is 0 Å². The highest BCUT2D eigenvalue weighted by molar-refractivity contribution is 6.18. The molecule has 2 aromatic carbocycles. The lowest BCUT2D eigenvalue weighted by Gasteiger charge is -2.22. The van der Waals surface area contributed by atoms with Gasteiger partial charge in [0.05, 0.1) is 0 Å². The number of carbonyl (C=O) groups is 1. The van der Waals surface area contributed by atoms with E-state index in [4.69, 9.17) is 11.6 Å². The van der Waals surface area contributed by atoms with E-state index in [1.807, 2.05) is 47.4 Å². The average Bonchev–Trinajstić information content (AvgIpc) is 2.50. The Balaban J connectivity index is 2.33. The van der Waals surface area contributed by atoms with Crippen LogP contribution in [0, 0.1) is 0 Å². The summed E-state index contributed by atoms with van der Waals surface area (Å²) in [6, 6.07) is 13.9. The van der Waals surface area contributed by atoms with Crippen molar-refractivity contribution < 1.29 is 4.79 Å². The predicted molar refractivity (Wildman–Crippen MR) is 85.5 cm³/mol. The second-order valence-electron chi connectivity index (χ2n) is 4.86. The van der Waals surface area contributed by atoms with E-state index in [-0.39, 0.29) is 5.91 Å². The monoisotopic (exact) mass is 289 g/mol. The van der Waals surface area contributed by atoms with Crippen LogP contribution in [0.5, 0.6) is 0 Å². The van der Waals surface area contributed by atoms with Gasteiger partial charge in [-0.15, -0.1) is 11.6 Å². The summed E-state index contributed by atoms with van der Waals surface area (Å²) in [6.45, 7) is 3.50. The summed E-state index contributed by atoms with van der Waals surface area (Å²) in [5, 5.41) is 2.11. The molecule has 0 fully saturated rings. The van der Waals surface area contributed by atoms with Gasteiger partial charge in [0.2, 0.25) is 0 Å². The standard InChI is InChI=1S/C17H20ClNO/c1-2-3-12-19(13-11-18)17(20)16-10-6-8-14-7-4-5-9-15(14)16/h4-10H,2-3,11-13H2,1H3. The molecule has 0 aliphatic heterocycles. The van der Waals surface area contributed by atoms with Crippen molar-refractivity contribution in [1.82, 2.24) is 4.90 Å². The third-order valence-corrected chi connectivity index (χ3v) is 3.61. The van der Waals surface area contributed by atoms with Gasteiger partial charge in [0, 0.05) is 24.5 Å². The molecule has 1 amide bonds. The highest BCUT2D eigenvalue weighted by Gasteiger charge is 2.16. The van der Waals surface area contributed by atoms with Gasteiger partial charge in [-0.2, -0.15) is 0 Å². The largest absolute Gasteiger partial charge is 0.337 e. The number of halogens is 1. The Morgan fingerprint density at radius 3 is 2.60 bits per heavy atom. The van der Waals surface area contributed by atoms with Gasteiger partial charge in [-0.25, -0.2) is 0 Å². The van der Waals surface area contributed by atoms with Crippen LogP contribution >= 0.6 is 11.6 Å². The maximum atomic E-state index is 12.7. The number of benzene rings is 2.